The number of urea groups is 1. The first-order chi connectivity index (χ1) is 11.1. The molecule has 2 aliphatic heterocycles. The van der Waals surface area contributed by atoms with Gasteiger partial charge in [0.25, 0.3) is 0 Å². The van der Waals surface area contributed by atoms with E-state index < -0.39 is 0 Å². The Bertz CT molecular complexity index is 540. The molecule has 5 nitrogen and oxygen atoms in total. The molecular weight excluding hydrogens is 314 g/mol. The number of halogens is 1. The maximum absolute atomic E-state index is 12.4. The Kier molecular flexibility index (Phi) is 5.28. The van der Waals surface area contributed by atoms with Gasteiger partial charge < -0.3 is 19.9 Å². The normalized spacial score (nSPS) is 23.0. The number of piperazine rings is 1. The Morgan fingerprint density at radius 3 is 2.78 bits per heavy atom. The van der Waals surface area contributed by atoms with E-state index in [1.807, 2.05) is 30.0 Å². The van der Waals surface area contributed by atoms with E-state index in [1.165, 1.54) is 0 Å². The largest absolute Gasteiger partial charge is 0.376 e. The van der Waals surface area contributed by atoms with E-state index in [0.717, 1.165) is 56.3 Å². The Hall–Kier alpha value is -1.46. The molecule has 1 aromatic rings. The number of rotatable bonds is 3. The van der Waals surface area contributed by atoms with E-state index in [0.29, 0.717) is 0 Å². The molecule has 2 saturated heterocycles. The van der Waals surface area contributed by atoms with Crippen molar-refractivity contribution >= 4 is 23.3 Å². The van der Waals surface area contributed by atoms with Crippen LogP contribution in [0.4, 0.5) is 10.5 Å². The summed E-state index contributed by atoms with van der Waals surface area (Å²) in [6.45, 7) is 5.91. The van der Waals surface area contributed by atoms with Crippen LogP contribution >= 0.6 is 11.6 Å². The van der Waals surface area contributed by atoms with E-state index in [9.17, 15) is 4.79 Å². The van der Waals surface area contributed by atoms with E-state index in [2.05, 4.69) is 16.3 Å². The summed E-state index contributed by atoms with van der Waals surface area (Å²) in [6, 6.07) is 7.94. The van der Waals surface area contributed by atoms with E-state index in [-0.39, 0.29) is 18.2 Å². The van der Waals surface area contributed by atoms with Gasteiger partial charge in [0.15, 0.2) is 0 Å². The number of amides is 2. The van der Waals surface area contributed by atoms with Gasteiger partial charge in [-0.25, -0.2) is 4.79 Å². The molecule has 126 valence electrons. The lowest BCUT2D eigenvalue weighted by molar-refractivity contribution is 0.0831. The summed E-state index contributed by atoms with van der Waals surface area (Å²) in [5, 5.41) is 3.82. The minimum atomic E-state index is 0.0127. The fourth-order valence-electron chi connectivity index (χ4n) is 3.22. The zero-order chi connectivity index (χ0) is 16.2. The molecule has 3 rings (SSSR count). The first-order valence-electron chi connectivity index (χ1n) is 8.31. The van der Waals surface area contributed by atoms with Crippen LogP contribution in [0.15, 0.2) is 24.3 Å². The van der Waals surface area contributed by atoms with Gasteiger partial charge in [-0.05, 0) is 38.0 Å². The molecule has 0 bridgehead atoms. The van der Waals surface area contributed by atoms with Crippen LogP contribution in [0.2, 0.25) is 5.02 Å². The standard InChI is InChI=1S/C17H24ClN3O2/c1-13(16-6-3-11-23-16)19-17(22)21-9-7-20(8-10-21)15-5-2-4-14(18)12-15/h2,4-5,12-13,16H,3,6-11H2,1H3,(H,19,22)/t13-,16+/m0/s1. The molecule has 0 radical (unpaired) electrons. The predicted octanol–water partition coefficient (Wildman–Crippen LogP) is 2.74. The maximum Gasteiger partial charge on any atom is 0.317 e. The third kappa shape index (κ3) is 4.09. The summed E-state index contributed by atoms with van der Waals surface area (Å²) < 4.78 is 5.64. The summed E-state index contributed by atoms with van der Waals surface area (Å²) in [7, 11) is 0. The molecule has 2 atom stereocenters. The molecule has 0 aliphatic carbocycles. The van der Waals surface area contributed by atoms with Crippen LogP contribution in [0, 0.1) is 0 Å². The Balaban J connectivity index is 1.49. The number of nitrogens with zero attached hydrogens (tertiary/aromatic N) is 2. The molecule has 0 unspecified atom stereocenters. The maximum atomic E-state index is 12.4. The van der Waals surface area contributed by atoms with Crippen molar-refractivity contribution in [3.63, 3.8) is 0 Å². The van der Waals surface area contributed by atoms with Gasteiger partial charge in [-0.1, -0.05) is 17.7 Å². The van der Waals surface area contributed by atoms with Gasteiger partial charge in [0.05, 0.1) is 12.1 Å². The lowest BCUT2D eigenvalue weighted by Crippen LogP contribution is -2.54. The monoisotopic (exact) mass is 337 g/mol. The Labute approximate surface area is 142 Å². The quantitative estimate of drug-likeness (QED) is 0.922. The molecule has 1 N–H and O–H groups in total. The van der Waals surface area contributed by atoms with Crippen molar-refractivity contribution in [1.29, 1.82) is 0 Å². The zero-order valence-corrected chi connectivity index (χ0v) is 14.3. The SMILES string of the molecule is C[C@H](NC(=O)N1CCN(c2cccc(Cl)c2)CC1)[C@H]1CCCO1. The topological polar surface area (TPSA) is 44.8 Å². The molecule has 1 aromatic carbocycles. The highest BCUT2D eigenvalue weighted by molar-refractivity contribution is 6.30. The Morgan fingerprint density at radius 1 is 1.35 bits per heavy atom. The lowest BCUT2D eigenvalue weighted by atomic mass is 10.1. The second-order valence-corrected chi connectivity index (χ2v) is 6.68. The summed E-state index contributed by atoms with van der Waals surface area (Å²) in [5.74, 6) is 0. The smallest absolute Gasteiger partial charge is 0.317 e. The van der Waals surface area contributed by atoms with Crippen molar-refractivity contribution in [3.8, 4) is 0 Å². The Morgan fingerprint density at radius 2 is 2.13 bits per heavy atom. The number of hydrogen-bond donors (Lipinski definition) is 1. The van der Waals surface area contributed by atoms with Gasteiger partial charge in [0.2, 0.25) is 0 Å². The van der Waals surface area contributed by atoms with Crippen molar-refractivity contribution < 1.29 is 9.53 Å². The van der Waals surface area contributed by atoms with Gasteiger partial charge in [-0.2, -0.15) is 0 Å². The molecule has 0 aromatic heterocycles. The molecule has 23 heavy (non-hydrogen) atoms. The van der Waals surface area contributed by atoms with Crippen molar-refractivity contribution in [2.24, 2.45) is 0 Å². The average molecular weight is 338 g/mol. The van der Waals surface area contributed by atoms with Crippen LogP contribution in [-0.2, 0) is 4.74 Å². The summed E-state index contributed by atoms with van der Waals surface area (Å²) in [5.41, 5.74) is 1.12. The van der Waals surface area contributed by atoms with Crippen LogP contribution in [0.5, 0.6) is 0 Å². The first-order valence-corrected chi connectivity index (χ1v) is 8.69. The molecule has 0 saturated carbocycles. The second kappa shape index (κ2) is 7.41. The minimum Gasteiger partial charge on any atom is -0.376 e. The lowest BCUT2D eigenvalue weighted by Gasteiger charge is -2.37. The number of nitrogens with one attached hydrogen (secondary N) is 1. The number of benzene rings is 1. The molecular formula is C17H24ClN3O2. The number of carbonyl (C=O) groups is 1. The number of hydrogen-bond acceptors (Lipinski definition) is 3. The predicted molar refractivity (Wildman–Crippen MR) is 92.2 cm³/mol. The van der Waals surface area contributed by atoms with Gasteiger partial charge >= 0.3 is 6.03 Å². The third-order valence-electron chi connectivity index (χ3n) is 4.61. The fourth-order valence-corrected chi connectivity index (χ4v) is 3.40. The van der Waals surface area contributed by atoms with Crippen LogP contribution in [0.3, 0.4) is 0 Å². The molecule has 2 aliphatic rings. The van der Waals surface area contributed by atoms with E-state index >= 15 is 0 Å². The van der Waals surface area contributed by atoms with Gasteiger partial charge in [0, 0.05) is 43.5 Å². The average Bonchev–Trinajstić information content (AvgIpc) is 3.09. The van der Waals surface area contributed by atoms with Gasteiger partial charge in [-0.15, -0.1) is 0 Å². The molecule has 2 heterocycles. The van der Waals surface area contributed by atoms with Crippen molar-refractivity contribution in [2.75, 3.05) is 37.7 Å². The molecule has 2 fully saturated rings. The van der Waals surface area contributed by atoms with Gasteiger partial charge in [0.1, 0.15) is 0 Å². The zero-order valence-electron chi connectivity index (χ0n) is 13.5. The van der Waals surface area contributed by atoms with E-state index in [1.54, 1.807) is 0 Å². The summed E-state index contributed by atoms with van der Waals surface area (Å²) in [6.07, 6.45) is 2.28. The van der Waals surface area contributed by atoms with Gasteiger partial charge in [-0.3, -0.25) is 0 Å². The highest BCUT2D eigenvalue weighted by atomic mass is 35.5. The van der Waals surface area contributed by atoms with Crippen molar-refractivity contribution in [3.05, 3.63) is 29.3 Å². The van der Waals surface area contributed by atoms with Crippen molar-refractivity contribution in [1.82, 2.24) is 10.2 Å². The highest BCUT2D eigenvalue weighted by Gasteiger charge is 2.27. The fraction of sp³-hybridized carbons (Fsp3) is 0.588. The van der Waals surface area contributed by atoms with Crippen molar-refractivity contribution in [2.45, 2.75) is 31.9 Å². The summed E-state index contributed by atoms with van der Waals surface area (Å²) >= 11 is 6.05. The molecule has 0 spiro atoms. The first kappa shape index (κ1) is 16.4. The summed E-state index contributed by atoms with van der Waals surface area (Å²) in [4.78, 5) is 16.5. The number of ether oxygens (including phenoxy) is 1. The van der Waals surface area contributed by atoms with Crippen LogP contribution < -0.4 is 10.2 Å². The highest BCUT2D eigenvalue weighted by Crippen LogP contribution is 2.21. The number of carbonyl (C=O) groups excluding carboxylic acids is 1. The molecule has 6 heteroatoms. The van der Waals surface area contributed by atoms with Crippen LogP contribution in [0.25, 0.3) is 0 Å². The number of anilines is 1. The van der Waals surface area contributed by atoms with Crippen LogP contribution in [0.1, 0.15) is 19.8 Å². The third-order valence-corrected chi connectivity index (χ3v) is 4.85. The van der Waals surface area contributed by atoms with Crippen LogP contribution in [-0.4, -0.2) is 55.9 Å². The molecule has 2 amide bonds. The second-order valence-electron chi connectivity index (χ2n) is 6.24. The van der Waals surface area contributed by atoms with E-state index in [4.69, 9.17) is 16.3 Å². The minimum absolute atomic E-state index is 0.0127.